The number of carboxylic acid groups (broad SMARTS) is 1. The van der Waals surface area contributed by atoms with Crippen LogP contribution < -0.4 is 14.8 Å². The molecular formula is C17H23NO6. The molecule has 1 aliphatic carbocycles. The van der Waals surface area contributed by atoms with Gasteiger partial charge in [-0.1, -0.05) is 0 Å². The van der Waals surface area contributed by atoms with E-state index in [-0.39, 0.29) is 31.8 Å². The average Bonchev–Trinajstić information content (AvgIpc) is 3.07. The molecule has 1 aromatic carbocycles. The number of carbonyl (C=O) groups excluding carboxylic acids is 1. The predicted molar refractivity (Wildman–Crippen MR) is 86.7 cm³/mol. The van der Waals surface area contributed by atoms with Crippen molar-refractivity contribution in [2.24, 2.45) is 0 Å². The van der Waals surface area contributed by atoms with Crippen LogP contribution in [0.2, 0.25) is 0 Å². The third kappa shape index (κ3) is 5.42. The van der Waals surface area contributed by atoms with Gasteiger partial charge in [-0.15, -0.1) is 0 Å². The van der Waals surface area contributed by atoms with E-state index in [2.05, 4.69) is 5.32 Å². The molecule has 24 heavy (non-hydrogen) atoms. The highest BCUT2D eigenvalue weighted by Gasteiger charge is 2.19. The SMILES string of the molecule is COc1cc(C(=O)NCCOCC(=O)O)ccc1OC1CCCC1. The Bertz CT molecular complexity index is 568. The Labute approximate surface area is 140 Å². The van der Waals surface area contributed by atoms with E-state index < -0.39 is 5.97 Å². The van der Waals surface area contributed by atoms with Gasteiger partial charge >= 0.3 is 5.97 Å². The van der Waals surface area contributed by atoms with Crippen molar-refractivity contribution >= 4 is 11.9 Å². The van der Waals surface area contributed by atoms with Crippen molar-refractivity contribution in [1.82, 2.24) is 5.32 Å². The van der Waals surface area contributed by atoms with Gasteiger partial charge in [0, 0.05) is 12.1 Å². The van der Waals surface area contributed by atoms with Crippen LogP contribution in [0.25, 0.3) is 0 Å². The fourth-order valence-corrected chi connectivity index (χ4v) is 2.59. The molecule has 0 unspecified atom stereocenters. The van der Waals surface area contributed by atoms with Crippen LogP contribution in [0.5, 0.6) is 11.5 Å². The third-order valence-electron chi connectivity index (χ3n) is 3.78. The minimum absolute atomic E-state index is 0.137. The lowest BCUT2D eigenvalue weighted by Crippen LogP contribution is -2.28. The molecule has 0 aromatic heterocycles. The van der Waals surface area contributed by atoms with E-state index in [0.29, 0.717) is 17.1 Å². The molecule has 0 saturated heterocycles. The molecule has 0 aliphatic heterocycles. The van der Waals surface area contributed by atoms with Crippen molar-refractivity contribution in [1.29, 1.82) is 0 Å². The highest BCUT2D eigenvalue weighted by atomic mass is 16.5. The number of nitrogens with one attached hydrogen (secondary N) is 1. The minimum atomic E-state index is -1.04. The van der Waals surface area contributed by atoms with Crippen LogP contribution >= 0.6 is 0 Å². The first-order chi connectivity index (χ1) is 11.6. The van der Waals surface area contributed by atoms with Crippen LogP contribution in [0, 0.1) is 0 Å². The van der Waals surface area contributed by atoms with Crippen LogP contribution in [0.1, 0.15) is 36.0 Å². The van der Waals surface area contributed by atoms with Crippen LogP contribution in [0.3, 0.4) is 0 Å². The Morgan fingerprint density at radius 3 is 2.67 bits per heavy atom. The maximum Gasteiger partial charge on any atom is 0.329 e. The monoisotopic (exact) mass is 337 g/mol. The fourth-order valence-electron chi connectivity index (χ4n) is 2.59. The maximum atomic E-state index is 12.1. The Kier molecular flexibility index (Phi) is 6.87. The van der Waals surface area contributed by atoms with Crippen molar-refractivity contribution in [3.05, 3.63) is 23.8 Å². The van der Waals surface area contributed by atoms with Gasteiger partial charge in [0.1, 0.15) is 6.61 Å². The van der Waals surface area contributed by atoms with Crippen molar-refractivity contribution in [2.45, 2.75) is 31.8 Å². The van der Waals surface area contributed by atoms with Crippen molar-refractivity contribution in [3.63, 3.8) is 0 Å². The van der Waals surface area contributed by atoms with Gasteiger partial charge in [-0.05, 0) is 43.9 Å². The van der Waals surface area contributed by atoms with Gasteiger partial charge < -0.3 is 24.6 Å². The average molecular weight is 337 g/mol. The highest BCUT2D eigenvalue weighted by Crippen LogP contribution is 2.32. The maximum absolute atomic E-state index is 12.1. The first-order valence-corrected chi connectivity index (χ1v) is 8.02. The summed E-state index contributed by atoms with van der Waals surface area (Å²) in [5.41, 5.74) is 0.448. The molecule has 7 heteroatoms. The second-order valence-electron chi connectivity index (χ2n) is 5.59. The standard InChI is InChI=1S/C17H23NO6/c1-22-15-10-12(17(21)18-8-9-23-11-16(19)20)6-7-14(15)24-13-4-2-3-5-13/h6-7,10,13H,2-5,8-9,11H2,1H3,(H,18,21)(H,19,20). The molecule has 2 N–H and O–H groups in total. The number of ether oxygens (including phenoxy) is 3. The van der Waals surface area contributed by atoms with Gasteiger partial charge in [-0.2, -0.15) is 0 Å². The van der Waals surface area contributed by atoms with Crippen molar-refractivity contribution < 1.29 is 28.9 Å². The largest absolute Gasteiger partial charge is 0.493 e. The minimum Gasteiger partial charge on any atom is -0.493 e. The Balaban J connectivity index is 1.87. The van der Waals surface area contributed by atoms with Crippen LogP contribution in [-0.4, -0.2) is 50.0 Å². The van der Waals surface area contributed by atoms with Crippen LogP contribution in [-0.2, 0) is 9.53 Å². The number of carboxylic acids is 1. The fraction of sp³-hybridized carbons (Fsp3) is 0.529. The summed E-state index contributed by atoms with van der Waals surface area (Å²) in [5.74, 6) is -0.147. The Hall–Kier alpha value is -2.28. The lowest BCUT2D eigenvalue weighted by Gasteiger charge is -2.16. The van der Waals surface area contributed by atoms with Gasteiger partial charge in [0.15, 0.2) is 11.5 Å². The van der Waals surface area contributed by atoms with Gasteiger partial charge in [0.25, 0.3) is 5.91 Å². The van der Waals surface area contributed by atoms with E-state index >= 15 is 0 Å². The van der Waals surface area contributed by atoms with Crippen LogP contribution in [0.15, 0.2) is 18.2 Å². The summed E-state index contributed by atoms with van der Waals surface area (Å²) in [6.07, 6.45) is 4.66. The van der Waals surface area contributed by atoms with Crippen LogP contribution in [0.4, 0.5) is 0 Å². The Morgan fingerprint density at radius 2 is 2.00 bits per heavy atom. The smallest absolute Gasteiger partial charge is 0.329 e. The topological polar surface area (TPSA) is 94.1 Å². The number of amides is 1. The summed E-state index contributed by atoms with van der Waals surface area (Å²) in [5, 5.41) is 11.1. The molecule has 7 nitrogen and oxygen atoms in total. The molecular weight excluding hydrogens is 314 g/mol. The number of aliphatic carboxylic acids is 1. The van der Waals surface area contributed by atoms with E-state index in [1.807, 2.05) is 0 Å². The van der Waals surface area contributed by atoms with Gasteiger partial charge in [0.05, 0.1) is 19.8 Å². The number of benzene rings is 1. The first-order valence-electron chi connectivity index (χ1n) is 8.02. The summed E-state index contributed by atoms with van der Waals surface area (Å²) in [6.45, 7) is -0.0102. The molecule has 1 amide bonds. The molecule has 0 radical (unpaired) electrons. The van der Waals surface area contributed by atoms with Crippen molar-refractivity contribution in [3.8, 4) is 11.5 Å². The van der Waals surface area contributed by atoms with Gasteiger partial charge in [-0.25, -0.2) is 4.79 Å². The zero-order chi connectivity index (χ0) is 17.4. The summed E-state index contributed by atoms with van der Waals surface area (Å²) >= 11 is 0. The molecule has 0 atom stereocenters. The number of hydrogen-bond donors (Lipinski definition) is 2. The molecule has 1 aliphatic rings. The van der Waals surface area contributed by atoms with Gasteiger partial charge in [0.2, 0.25) is 0 Å². The second kappa shape index (κ2) is 9.12. The molecule has 2 rings (SSSR count). The normalized spacial score (nSPS) is 14.4. The van der Waals surface area contributed by atoms with E-state index in [0.717, 1.165) is 12.8 Å². The number of rotatable bonds is 9. The number of hydrogen-bond acceptors (Lipinski definition) is 5. The molecule has 0 spiro atoms. The highest BCUT2D eigenvalue weighted by molar-refractivity contribution is 5.94. The summed E-state index contributed by atoms with van der Waals surface area (Å²) in [6, 6.07) is 5.06. The molecule has 132 valence electrons. The lowest BCUT2D eigenvalue weighted by molar-refractivity contribution is -0.142. The van der Waals surface area contributed by atoms with E-state index in [1.165, 1.54) is 20.0 Å². The first kappa shape index (κ1) is 18.1. The quantitative estimate of drug-likeness (QED) is 0.668. The van der Waals surface area contributed by atoms with Crippen molar-refractivity contribution in [2.75, 3.05) is 26.9 Å². The third-order valence-corrected chi connectivity index (χ3v) is 3.78. The lowest BCUT2D eigenvalue weighted by atomic mass is 10.2. The Morgan fingerprint density at radius 1 is 1.25 bits per heavy atom. The summed E-state index contributed by atoms with van der Waals surface area (Å²) in [4.78, 5) is 22.4. The van der Waals surface area contributed by atoms with E-state index in [1.54, 1.807) is 18.2 Å². The molecule has 0 bridgehead atoms. The molecule has 0 heterocycles. The predicted octanol–water partition coefficient (Wildman–Crippen LogP) is 1.85. The van der Waals surface area contributed by atoms with E-state index in [9.17, 15) is 9.59 Å². The zero-order valence-corrected chi connectivity index (χ0v) is 13.7. The van der Waals surface area contributed by atoms with Gasteiger partial charge in [-0.3, -0.25) is 4.79 Å². The summed E-state index contributed by atoms with van der Waals surface area (Å²) < 4.78 is 16.1. The van der Waals surface area contributed by atoms with E-state index in [4.69, 9.17) is 19.3 Å². The molecule has 1 aromatic rings. The number of carbonyl (C=O) groups is 2. The molecule has 1 fully saturated rings. The number of methoxy groups -OCH3 is 1. The summed E-state index contributed by atoms with van der Waals surface area (Å²) in [7, 11) is 1.54. The zero-order valence-electron chi connectivity index (χ0n) is 13.7. The molecule has 1 saturated carbocycles. The second-order valence-corrected chi connectivity index (χ2v) is 5.59.